The van der Waals surface area contributed by atoms with Gasteiger partial charge in [-0.3, -0.25) is 14.2 Å². The van der Waals surface area contributed by atoms with Gasteiger partial charge in [-0.05, 0) is 18.2 Å². The minimum atomic E-state index is -3.99. The van der Waals surface area contributed by atoms with Crippen molar-refractivity contribution in [3.63, 3.8) is 0 Å². The van der Waals surface area contributed by atoms with Crippen LogP contribution in [0.25, 0.3) is 5.65 Å². The van der Waals surface area contributed by atoms with Crippen LogP contribution in [0.2, 0.25) is 0 Å². The third-order valence-corrected chi connectivity index (χ3v) is 3.30. The lowest BCUT2D eigenvalue weighted by Gasteiger charge is -2.21. The number of fused-ring (bicyclic) bond motifs is 1. The van der Waals surface area contributed by atoms with Crippen molar-refractivity contribution < 1.29 is 18.7 Å². The van der Waals surface area contributed by atoms with Gasteiger partial charge in [0.25, 0.3) is 5.78 Å². The maximum atomic E-state index is 14.3. The molecule has 1 N–H and O–H groups in total. The molecule has 0 aromatic carbocycles. The fraction of sp³-hybridized carbons (Fsp3) is 0.133. The fourth-order valence-corrected chi connectivity index (χ4v) is 2.14. The minimum absolute atomic E-state index is 0.130. The van der Waals surface area contributed by atoms with Crippen LogP contribution in [0, 0.1) is 0 Å². The van der Waals surface area contributed by atoms with Crippen molar-refractivity contribution in [2.45, 2.75) is 12.0 Å². The molecule has 5 nitrogen and oxygen atoms in total. The number of carbonyl (C=O) groups excluding carboxylic acids is 1. The molecule has 3 aromatic heterocycles. The molecule has 0 aliphatic rings. The van der Waals surface area contributed by atoms with E-state index in [1.54, 1.807) is 18.2 Å². The van der Waals surface area contributed by atoms with Crippen molar-refractivity contribution in [3.8, 4) is 0 Å². The number of aliphatic hydroxyl groups is 1. The van der Waals surface area contributed by atoms with Crippen LogP contribution in [0.4, 0.5) is 8.78 Å². The van der Waals surface area contributed by atoms with Gasteiger partial charge in [0.05, 0.1) is 6.20 Å². The third-order valence-electron chi connectivity index (χ3n) is 3.30. The van der Waals surface area contributed by atoms with Crippen molar-refractivity contribution >= 4 is 11.4 Å². The van der Waals surface area contributed by atoms with Gasteiger partial charge < -0.3 is 5.11 Å². The van der Waals surface area contributed by atoms with Gasteiger partial charge in [0, 0.05) is 24.2 Å². The molecular weight excluding hydrogens is 292 g/mol. The van der Waals surface area contributed by atoms with Gasteiger partial charge in [-0.1, -0.05) is 12.1 Å². The van der Waals surface area contributed by atoms with E-state index in [0.29, 0.717) is 5.65 Å². The summed E-state index contributed by atoms with van der Waals surface area (Å²) in [6.45, 7) is 0. The van der Waals surface area contributed by atoms with Gasteiger partial charge >= 0.3 is 5.92 Å². The van der Waals surface area contributed by atoms with Crippen LogP contribution in [-0.2, 0) is 0 Å². The Balaban J connectivity index is 2.00. The first-order chi connectivity index (χ1) is 10.5. The largest absolute Gasteiger partial charge is 0.381 e. The lowest BCUT2D eigenvalue weighted by atomic mass is 10.0. The van der Waals surface area contributed by atoms with Crippen molar-refractivity contribution in [3.05, 3.63) is 66.4 Å². The lowest BCUT2D eigenvalue weighted by molar-refractivity contribution is -0.0796. The number of ketones is 1. The molecule has 0 spiro atoms. The van der Waals surface area contributed by atoms with Gasteiger partial charge in [0.2, 0.25) is 0 Å². The number of aliphatic hydroxyl groups excluding tert-OH is 1. The Morgan fingerprint density at radius 3 is 2.77 bits per heavy atom. The Kier molecular flexibility index (Phi) is 3.42. The molecular formula is C15H11F2N3O2. The summed E-state index contributed by atoms with van der Waals surface area (Å²) in [7, 11) is 0. The highest BCUT2D eigenvalue weighted by atomic mass is 19.3. The summed E-state index contributed by atoms with van der Waals surface area (Å²) in [5.41, 5.74) is -0.0456. The first-order valence-electron chi connectivity index (χ1n) is 6.44. The maximum absolute atomic E-state index is 14.3. The van der Waals surface area contributed by atoms with Crippen LogP contribution in [0.1, 0.15) is 22.2 Å². The van der Waals surface area contributed by atoms with E-state index in [1.165, 1.54) is 28.9 Å². The number of alkyl halides is 2. The van der Waals surface area contributed by atoms with Crippen LogP contribution in [0.15, 0.2) is 55.1 Å². The van der Waals surface area contributed by atoms with Crippen LogP contribution in [0.5, 0.6) is 0 Å². The maximum Gasteiger partial charge on any atom is 0.340 e. The third kappa shape index (κ3) is 2.25. The zero-order chi connectivity index (χ0) is 15.7. The fourth-order valence-electron chi connectivity index (χ4n) is 2.14. The van der Waals surface area contributed by atoms with Crippen LogP contribution < -0.4 is 0 Å². The predicted octanol–water partition coefficient (Wildman–Crippen LogP) is 2.28. The van der Waals surface area contributed by atoms with E-state index in [-0.39, 0.29) is 11.3 Å². The first kappa shape index (κ1) is 14.3. The molecule has 0 radical (unpaired) electrons. The highest BCUT2D eigenvalue weighted by Crippen LogP contribution is 2.34. The zero-order valence-corrected chi connectivity index (χ0v) is 11.2. The molecule has 0 bridgehead atoms. The molecule has 0 saturated carbocycles. The summed E-state index contributed by atoms with van der Waals surface area (Å²) in [4.78, 5) is 19.7. The topological polar surface area (TPSA) is 67.5 Å². The Bertz CT molecular complexity index is 818. The quantitative estimate of drug-likeness (QED) is 0.751. The number of halogens is 2. The number of rotatable bonds is 4. The summed E-state index contributed by atoms with van der Waals surface area (Å²) in [5, 5.41) is 9.85. The van der Waals surface area contributed by atoms with E-state index in [4.69, 9.17) is 0 Å². The highest BCUT2D eigenvalue weighted by Gasteiger charge is 2.48. The molecule has 0 aliphatic carbocycles. The second kappa shape index (κ2) is 5.27. The molecule has 0 saturated heterocycles. The van der Waals surface area contributed by atoms with Crippen LogP contribution in [0.3, 0.4) is 0 Å². The van der Waals surface area contributed by atoms with E-state index < -0.39 is 17.8 Å². The minimum Gasteiger partial charge on any atom is -0.381 e. The second-order valence-electron chi connectivity index (χ2n) is 4.71. The van der Waals surface area contributed by atoms with Crippen LogP contribution in [-0.4, -0.2) is 31.2 Å². The number of hydrogen-bond acceptors (Lipinski definition) is 4. The number of imidazole rings is 1. The SMILES string of the molecule is O=C(c1cnc2ccccn12)C(F)(F)[C@@H](O)c1cccnc1. The molecule has 112 valence electrons. The molecule has 1 atom stereocenters. The monoisotopic (exact) mass is 303 g/mol. The van der Waals surface area contributed by atoms with E-state index in [9.17, 15) is 18.7 Å². The molecule has 3 rings (SSSR count). The molecule has 0 unspecified atom stereocenters. The molecule has 3 heterocycles. The van der Waals surface area contributed by atoms with Gasteiger partial charge in [-0.15, -0.1) is 0 Å². The zero-order valence-electron chi connectivity index (χ0n) is 11.2. The Labute approximate surface area is 123 Å². The number of pyridine rings is 2. The summed E-state index contributed by atoms with van der Waals surface area (Å²) in [6.07, 6.45) is 2.74. The Morgan fingerprint density at radius 1 is 1.23 bits per heavy atom. The van der Waals surface area contributed by atoms with Crippen LogP contribution >= 0.6 is 0 Å². The number of carbonyl (C=O) groups is 1. The summed E-state index contributed by atoms with van der Waals surface area (Å²) < 4.78 is 29.9. The second-order valence-corrected chi connectivity index (χ2v) is 4.71. The predicted molar refractivity (Wildman–Crippen MR) is 73.7 cm³/mol. The average molecular weight is 303 g/mol. The molecule has 7 heteroatoms. The summed E-state index contributed by atoms with van der Waals surface area (Å²) >= 11 is 0. The lowest BCUT2D eigenvalue weighted by Crippen LogP contribution is -2.36. The molecule has 0 fully saturated rings. The molecule has 0 aliphatic heterocycles. The van der Waals surface area contributed by atoms with E-state index in [0.717, 1.165) is 12.4 Å². The van der Waals surface area contributed by atoms with Gasteiger partial charge in [-0.2, -0.15) is 8.78 Å². The van der Waals surface area contributed by atoms with Gasteiger partial charge in [0.1, 0.15) is 11.3 Å². The number of nitrogens with zero attached hydrogens (tertiary/aromatic N) is 3. The smallest absolute Gasteiger partial charge is 0.340 e. The Morgan fingerprint density at radius 2 is 2.05 bits per heavy atom. The summed E-state index contributed by atoms with van der Waals surface area (Å²) in [5.74, 6) is -5.49. The van der Waals surface area contributed by atoms with Gasteiger partial charge in [0.15, 0.2) is 6.10 Å². The van der Waals surface area contributed by atoms with E-state index in [2.05, 4.69) is 9.97 Å². The molecule has 3 aromatic rings. The number of Topliss-reactive ketones (excluding diaryl/α,β-unsaturated/α-hetero) is 1. The average Bonchev–Trinajstić information content (AvgIpc) is 2.98. The number of aromatic nitrogens is 3. The normalized spacial score (nSPS) is 13.2. The standard InChI is InChI=1S/C15H11F2N3O2/c16-15(17,13(21)10-4-3-6-18-8-10)14(22)11-9-19-12-5-1-2-7-20(11)12/h1-9,13,21H/t13-/m0/s1. The summed E-state index contributed by atoms with van der Waals surface area (Å²) in [6, 6.07) is 7.56. The van der Waals surface area contributed by atoms with Crippen molar-refractivity contribution in [1.82, 2.24) is 14.4 Å². The highest BCUT2D eigenvalue weighted by molar-refractivity contribution is 6.01. The van der Waals surface area contributed by atoms with Crippen molar-refractivity contribution in [1.29, 1.82) is 0 Å². The van der Waals surface area contributed by atoms with Gasteiger partial charge in [-0.25, -0.2) is 4.98 Å². The number of hydrogen-bond donors (Lipinski definition) is 1. The van der Waals surface area contributed by atoms with Crippen molar-refractivity contribution in [2.24, 2.45) is 0 Å². The van der Waals surface area contributed by atoms with Crippen molar-refractivity contribution in [2.75, 3.05) is 0 Å². The first-order valence-corrected chi connectivity index (χ1v) is 6.44. The molecule has 0 amide bonds. The van der Waals surface area contributed by atoms with E-state index in [1.807, 2.05) is 0 Å². The Hall–Kier alpha value is -2.67. The van der Waals surface area contributed by atoms with E-state index >= 15 is 0 Å². The molecule has 22 heavy (non-hydrogen) atoms.